The van der Waals surface area contributed by atoms with Crippen molar-refractivity contribution in [3.05, 3.63) is 35.1 Å². The molecule has 0 saturated heterocycles. The van der Waals surface area contributed by atoms with E-state index in [0.29, 0.717) is 21.7 Å². The summed E-state index contributed by atoms with van der Waals surface area (Å²) in [6, 6.07) is 4.17. The molecule has 0 bridgehead atoms. The molecule has 2 aromatic rings. The summed E-state index contributed by atoms with van der Waals surface area (Å²) >= 11 is 1.30. The van der Waals surface area contributed by atoms with Crippen molar-refractivity contribution in [2.24, 2.45) is 0 Å². The Kier molecular flexibility index (Phi) is 4.04. The zero-order valence-corrected chi connectivity index (χ0v) is 12.2. The summed E-state index contributed by atoms with van der Waals surface area (Å²) < 4.78 is 2.04. The van der Waals surface area contributed by atoms with Gasteiger partial charge in [0.05, 0.1) is 11.1 Å². The predicted molar refractivity (Wildman–Crippen MR) is 81.4 cm³/mol. The number of hydrogen-bond donors (Lipinski definition) is 2. The topological polar surface area (TPSA) is 67.2 Å². The lowest BCUT2D eigenvalue weighted by Crippen LogP contribution is -2.23. The second-order valence-corrected chi connectivity index (χ2v) is 5.86. The molecular weight excluding hydrogens is 286 g/mol. The molecule has 1 aliphatic carbocycles. The van der Waals surface area contributed by atoms with Crippen LogP contribution in [0.4, 0.5) is 5.13 Å². The molecule has 21 heavy (non-hydrogen) atoms. The van der Waals surface area contributed by atoms with Gasteiger partial charge in [-0.2, -0.15) is 0 Å². The van der Waals surface area contributed by atoms with Gasteiger partial charge in [0.2, 0.25) is 0 Å². The van der Waals surface area contributed by atoms with Crippen LogP contribution in [-0.2, 0) is 0 Å². The van der Waals surface area contributed by atoms with Gasteiger partial charge < -0.3 is 9.67 Å². The van der Waals surface area contributed by atoms with E-state index in [0.717, 1.165) is 12.8 Å². The van der Waals surface area contributed by atoms with E-state index in [1.165, 1.54) is 17.8 Å². The van der Waals surface area contributed by atoms with Gasteiger partial charge in [-0.05, 0) is 31.4 Å². The predicted octanol–water partition coefficient (Wildman–Crippen LogP) is 2.27. The highest BCUT2D eigenvalue weighted by molar-refractivity contribution is 7.16. The lowest BCUT2D eigenvalue weighted by atomic mass is 9.93. The Morgan fingerprint density at radius 1 is 1.57 bits per heavy atom. The van der Waals surface area contributed by atoms with Gasteiger partial charge >= 0.3 is 0 Å². The van der Waals surface area contributed by atoms with Gasteiger partial charge in [0.25, 0.3) is 5.91 Å². The van der Waals surface area contributed by atoms with Crippen LogP contribution in [0.15, 0.2) is 24.5 Å². The monoisotopic (exact) mass is 301 g/mol. The van der Waals surface area contributed by atoms with Crippen LogP contribution in [-0.4, -0.2) is 27.2 Å². The molecule has 2 heterocycles. The molecule has 2 N–H and O–H groups in total. The Hall–Kier alpha value is -2.10. The molecule has 0 radical (unpaired) electrons. The molecule has 2 aromatic heterocycles. The molecule has 5 nitrogen and oxygen atoms in total. The van der Waals surface area contributed by atoms with E-state index in [4.69, 9.17) is 5.11 Å². The first-order valence-electron chi connectivity index (χ1n) is 6.81. The molecule has 1 saturated carbocycles. The van der Waals surface area contributed by atoms with E-state index in [2.05, 4.69) is 22.1 Å². The number of thiazole rings is 1. The number of hydrogen-bond acceptors (Lipinski definition) is 4. The number of nitrogens with zero attached hydrogens (tertiary/aromatic N) is 2. The van der Waals surface area contributed by atoms with Crippen molar-refractivity contribution in [1.29, 1.82) is 0 Å². The average Bonchev–Trinajstić information content (AvgIpc) is 3.04. The zero-order valence-electron chi connectivity index (χ0n) is 11.4. The standard InChI is InChI=1S/C15H15N3O2S/c19-9-3-6-12-10-16-15(21-12)17-14(20)13-7-2-8-18(13)11-4-1-5-11/h2,7-8,10-11,19H,1,4-5,9H2,(H,16,17,20). The van der Waals surface area contributed by atoms with Gasteiger partial charge in [0, 0.05) is 12.2 Å². The summed E-state index contributed by atoms with van der Waals surface area (Å²) in [6.45, 7) is -0.186. The Bertz CT molecular complexity index is 704. The van der Waals surface area contributed by atoms with Gasteiger partial charge in [-0.25, -0.2) is 4.98 Å². The van der Waals surface area contributed by atoms with Crippen LogP contribution >= 0.6 is 11.3 Å². The molecule has 0 aliphatic heterocycles. The van der Waals surface area contributed by atoms with Gasteiger partial charge in [-0.1, -0.05) is 23.2 Å². The van der Waals surface area contributed by atoms with Crippen LogP contribution in [0.2, 0.25) is 0 Å². The number of amides is 1. The molecule has 0 atom stereocenters. The summed E-state index contributed by atoms with van der Waals surface area (Å²) in [5.74, 6) is 5.18. The number of rotatable bonds is 3. The van der Waals surface area contributed by atoms with Crippen molar-refractivity contribution in [3.8, 4) is 11.8 Å². The van der Waals surface area contributed by atoms with Crippen LogP contribution in [0.1, 0.15) is 40.7 Å². The number of anilines is 1. The quantitative estimate of drug-likeness (QED) is 0.855. The van der Waals surface area contributed by atoms with Crippen molar-refractivity contribution < 1.29 is 9.90 Å². The van der Waals surface area contributed by atoms with Crippen LogP contribution in [0.5, 0.6) is 0 Å². The summed E-state index contributed by atoms with van der Waals surface area (Å²) in [6.07, 6.45) is 7.04. The van der Waals surface area contributed by atoms with E-state index in [-0.39, 0.29) is 12.5 Å². The Balaban J connectivity index is 1.71. The summed E-state index contributed by atoms with van der Waals surface area (Å²) in [4.78, 5) is 17.2. The second kappa shape index (κ2) is 6.12. The second-order valence-electron chi connectivity index (χ2n) is 4.83. The van der Waals surface area contributed by atoms with Crippen LogP contribution < -0.4 is 5.32 Å². The highest BCUT2D eigenvalue weighted by atomic mass is 32.1. The number of aromatic nitrogens is 2. The molecule has 0 aromatic carbocycles. The van der Waals surface area contributed by atoms with E-state index >= 15 is 0 Å². The fourth-order valence-corrected chi connectivity index (χ4v) is 2.93. The normalized spacial score (nSPS) is 14.1. The highest BCUT2D eigenvalue weighted by Gasteiger charge is 2.23. The van der Waals surface area contributed by atoms with Crippen molar-refractivity contribution in [3.63, 3.8) is 0 Å². The Morgan fingerprint density at radius 3 is 3.14 bits per heavy atom. The fourth-order valence-electron chi connectivity index (χ4n) is 2.25. The molecular formula is C15H15N3O2S. The molecule has 3 rings (SSSR count). The maximum absolute atomic E-state index is 12.3. The molecule has 1 amide bonds. The molecule has 1 fully saturated rings. The molecule has 6 heteroatoms. The lowest BCUT2D eigenvalue weighted by molar-refractivity contribution is 0.101. The van der Waals surface area contributed by atoms with Crippen molar-refractivity contribution in [2.75, 3.05) is 11.9 Å². The van der Waals surface area contributed by atoms with Crippen molar-refractivity contribution in [1.82, 2.24) is 9.55 Å². The molecule has 108 valence electrons. The first-order valence-corrected chi connectivity index (χ1v) is 7.63. The van der Waals surface area contributed by atoms with Gasteiger partial charge in [-0.3, -0.25) is 10.1 Å². The zero-order chi connectivity index (χ0) is 14.7. The molecule has 1 aliphatic rings. The number of aliphatic hydroxyl groups is 1. The summed E-state index contributed by atoms with van der Waals surface area (Å²) in [5, 5.41) is 12.0. The first-order chi connectivity index (χ1) is 10.3. The van der Waals surface area contributed by atoms with Gasteiger partial charge in [0.1, 0.15) is 12.3 Å². The molecule has 0 unspecified atom stereocenters. The highest BCUT2D eigenvalue weighted by Crippen LogP contribution is 2.33. The Labute approximate surface area is 126 Å². The fraction of sp³-hybridized carbons (Fsp3) is 0.333. The summed E-state index contributed by atoms with van der Waals surface area (Å²) in [5.41, 5.74) is 0.665. The van der Waals surface area contributed by atoms with E-state index in [1.807, 2.05) is 22.9 Å². The van der Waals surface area contributed by atoms with E-state index in [1.54, 1.807) is 6.20 Å². The van der Waals surface area contributed by atoms with Crippen LogP contribution in [0.3, 0.4) is 0 Å². The van der Waals surface area contributed by atoms with E-state index < -0.39 is 0 Å². The minimum atomic E-state index is -0.186. The third-order valence-corrected chi connectivity index (χ3v) is 4.32. The van der Waals surface area contributed by atoms with Crippen LogP contribution in [0.25, 0.3) is 0 Å². The maximum atomic E-state index is 12.3. The third-order valence-electron chi connectivity index (χ3n) is 3.50. The smallest absolute Gasteiger partial charge is 0.274 e. The van der Waals surface area contributed by atoms with Crippen molar-refractivity contribution in [2.45, 2.75) is 25.3 Å². The largest absolute Gasteiger partial charge is 0.384 e. The lowest BCUT2D eigenvalue weighted by Gasteiger charge is -2.28. The van der Waals surface area contributed by atoms with Gasteiger partial charge in [-0.15, -0.1) is 0 Å². The minimum absolute atomic E-state index is 0.150. The summed E-state index contributed by atoms with van der Waals surface area (Å²) in [7, 11) is 0. The van der Waals surface area contributed by atoms with Gasteiger partial charge in [0.15, 0.2) is 5.13 Å². The number of carbonyl (C=O) groups is 1. The maximum Gasteiger partial charge on any atom is 0.274 e. The number of aliphatic hydroxyl groups excluding tert-OH is 1. The van der Waals surface area contributed by atoms with E-state index in [9.17, 15) is 4.79 Å². The average molecular weight is 301 g/mol. The number of carbonyl (C=O) groups excluding carboxylic acids is 1. The number of nitrogens with one attached hydrogen (secondary N) is 1. The minimum Gasteiger partial charge on any atom is -0.384 e. The van der Waals surface area contributed by atoms with Crippen molar-refractivity contribution >= 4 is 22.4 Å². The Morgan fingerprint density at radius 2 is 2.43 bits per heavy atom. The SMILES string of the molecule is O=C(Nc1ncc(C#CCO)s1)c1cccn1C1CCC1. The van der Waals surface area contributed by atoms with Crippen LogP contribution in [0, 0.1) is 11.8 Å². The third kappa shape index (κ3) is 2.99. The first kappa shape index (κ1) is 13.9. The molecule has 0 spiro atoms.